The van der Waals surface area contributed by atoms with Gasteiger partial charge in [-0.3, -0.25) is 0 Å². The van der Waals surface area contributed by atoms with Crippen LogP contribution in [0.2, 0.25) is 0 Å². The Morgan fingerprint density at radius 3 is 2.61 bits per heavy atom. The average molecular weight is 380 g/mol. The van der Waals surface area contributed by atoms with Crippen LogP contribution in [0.1, 0.15) is 42.0 Å². The lowest BCUT2D eigenvalue weighted by atomic mass is 10.0. The summed E-state index contributed by atoms with van der Waals surface area (Å²) in [6.45, 7) is 7.77. The molecule has 0 unspecified atom stereocenters. The van der Waals surface area contributed by atoms with Crippen LogP contribution in [-0.2, 0) is 16.1 Å². The molecule has 146 valence electrons. The largest absolute Gasteiger partial charge is 0.482 e. The molecule has 0 radical (unpaired) electrons. The second kappa shape index (κ2) is 8.30. The summed E-state index contributed by atoms with van der Waals surface area (Å²) < 4.78 is 16.3. The Bertz CT molecular complexity index is 1060. The van der Waals surface area contributed by atoms with E-state index in [-0.39, 0.29) is 19.1 Å². The number of rotatable bonds is 6. The second-order valence-corrected chi connectivity index (χ2v) is 7.12. The van der Waals surface area contributed by atoms with Crippen LogP contribution in [0.4, 0.5) is 0 Å². The average Bonchev–Trinajstić information content (AvgIpc) is 2.67. The molecular formula is C23H24O5. The summed E-state index contributed by atoms with van der Waals surface area (Å²) in [6.07, 6.45) is 0. The normalized spacial score (nSPS) is 11.0. The smallest absolute Gasteiger partial charge is 0.344 e. The minimum atomic E-state index is -0.496. The van der Waals surface area contributed by atoms with Crippen molar-refractivity contribution in [3.8, 4) is 5.75 Å². The molecule has 0 saturated heterocycles. The van der Waals surface area contributed by atoms with E-state index in [0.717, 1.165) is 22.1 Å². The molecule has 0 atom stereocenters. The summed E-state index contributed by atoms with van der Waals surface area (Å²) in [4.78, 5) is 24.1. The molecule has 0 aliphatic rings. The maximum absolute atomic E-state index is 12.2. The van der Waals surface area contributed by atoms with Crippen LogP contribution in [0, 0.1) is 13.8 Å². The summed E-state index contributed by atoms with van der Waals surface area (Å²) in [6, 6.07) is 12.8. The standard InChI is InChI=1S/C23H24O5/c1-14(2)18-7-5-6-8-20(18)26-13-22(25)27-12-17-11-21(24)28-23-16(4)15(3)9-10-19(17)23/h5-11,14H,12-13H2,1-4H3. The Hall–Kier alpha value is -3.08. The predicted molar refractivity (Wildman–Crippen MR) is 108 cm³/mol. The molecule has 0 amide bonds. The number of hydrogen-bond donors (Lipinski definition) is 0. The monoisotopic (exact) mass is 380 g/mol. The van der Waals surface area contributed by atoms with Gasteiger partial charge in [0.1, 0.15) is 17.9 Å². The zero-order chi connectivity index (χ0) is 20.3. The number of carbonyl (C=O) groups is 1. The van der Waals surface area contributed by atoms with Crippen LogP contribution in [0.3, 0.4) is 0 Å². The van der Waals surface area contributed by atoms with Crippen molar-refractivity contribution in [2.45, 2.75) is 40.2 Å². The second-order valence-electron chi connectivity index (χ2n) is 7.12. The van der Waals surface area contributed by atoms with Crippen LogP contribution in [0.15, 0.2) is 51.7 Å². The molecule has 0 N–H and O–H groups in total. The third-order valence-electron chi connectivity index (χ3n) is 4.79. The van der Waals surface area contributed by atoms with Gasteiger partial charge in [0.2, 0.25) is 0 Å². The minimum Gasteiger partial charge on any atom is -0.482 e. The zero-order valence-corrected chi connectivity index (χ0v) is 16.6. The maximum Gasteiger partial charge on any atom is 0.344 e. The quantitative estimate of drug-likeness (QED) is 0.460. The molecule has 2 aromatic carbocycles. The molecule has 3 aromatic rings. The number of carbonyl (C=O) groups excluding carboxylic acids is 1. The first-order chi connectivity index (χ1) is 13.4. The van der Waals surface area contributed by atoms with Gasteiger partial charge < -0.3 is 13.9 Å². The SMILES string of the molecule is Cc1ccc2c(COC(=O)COc3ccccc3C(C)C)cc(=O)oc2c1C. The molecule has 0 bridgehead atoms. The van der Waals surface area contributed by atoms with Crippen molar-refractivity contribution in [2.24, 2.45) is 0 Å². The molecule has 0 saturated carbocycles. The number of benzene rings is 2. The van der Waals surface area contributed by atoms with Gasteiger partial charge in [-0.15, -0.1) is 0 Å². The van der Waals surface area contributed by atoms with Gasteiger partial charge in [-0.2, -0.15) is 0 Å². The Labute approximate surface area is 163 Å². The van der Waals surface area contributed by atoms with E-state index in [4.69, 9.17) is 13.9 Å². The van der Waals surface area contributed by atoms with Crippen LogP contribution in [-0.4, -0.2) is 12.6 Å². The van der Waals surface area contributed by atoms with Gasteiger partial charge in [0.25, 0.3) is 0 Å². The molecular weight excluding hydrogens is 356 g/mol. The van der Waals surface area contributed by atoms with E-state index in [1.165, 1.54) is 6.07 Å². The molecule has 28 heavy (non-hydrogen) atoms. The Morgan fingerprint density at radius 1 is 1.11 bits per heavy atom. The van der Waals surface area contributed by atoms with Crippen molar-refractivity contribution in [3.05, 3.63) is 75.1 Å². The van der Waals surface area contributed by atoms with Gasteiger partial charge in [0, 0.05) is 17.0 Å². The fourth-order valence-electron chi connectivity index (χ4n) is 3.07. The van der Waals surface area contributed by atoms with Gasteiger partial charge >= 0.3 is 11.6 Å². The van der Waals surface area contributed by atoms with Crippen LogP contribution >= 0.6 is 0 Å². The fraction of sp³-hybridized carbons (Fsp3) is 0.304. The number of ether oxygens (including phenoxy) is 2. The van der Waals surface area contributed by atoms with Crippen molar-refractivity contribution in [1.29, 1.82) is 0 Å². The van der Waals surface area contributed by atoms with Crippen LogP contribution in [0.5, 0.6) is 5.75 Å². The first-order valence-corrected chi connectivity index (χ1v) is 9.27. The Balaban J connectivity index is 1.70. The molecule has 5 heteroatoms. The van der Waals surface area contributed by atoms with Crippen LogP contribution in [0.25, 0.3) is 11.0 Å². The summed E-state index contributed by atoms with van der Waals surface area (Å²) >= 11 is 0. The molecule has 0 fully saturated rings. The molecule has 1 aromatic heterocycles. The van der Waals surface area contributed by atoms with Gasteiger partial charge in [-0.05, 0) is 42.5 Å². The number of fused-ring (bicyclic) bond motifs is 1. The summed E-state index contributed by atoms with van der Waals surface area (Å²) in [5, 5.41) is 0.765. The van der Waals surface area contributed by atoms with E-state index >= 15 is 0 Å². The van der Waals surface area contributed by atoms with E-state index in [1.807, 2.05) is 50.2 Å². The highest BCUT2D eigenvalue weighted by Gasteiger charge is 2.13. The highest BCUT2D eigenvalue weighted by atomic mass is 16.6. The van der Waals surface area contributed by atoms with Crippen molar-refractivity contribution in [3.63, 3.8) is 0 Å². The lowest BCUT2D eigenvalue weighted by molar-refractivity contribution is -0.147. The van der Waals surface area contributed by atoms with Crippen LogP contribution < -0.4 is 10.4 Å². The van der Waals surface area contributed by atoms with E-state index in [2.05, 4.69) is 13.8 Å². The van der Waals surface area contributed by atoms with E-state index in [9.17, 15) is 9.59 Å². The van der Waals surface area contributed by atoms with Gasteiger partial charge in [-0.1, -0.05) is 44.2 Å². The summed E-state index contributed by atoms with van der Waals surface area (Å²) in [5.74, 6) is 0.462. The lowest BCUT2D eigenvalue weighted by Gasteiger charge is -2.14. The summed E-state index contributed by atoms with van der Waals surface area (Å²) in [5.41, 5.74) is 3.64. The van der Waals surface area contributed by atoms with Gasteiger partial charge in [0.15, 0.2) is 6.61 Å². The third kappa shape index (κ3) is 4.25. The van der Waals surface area contributed by atoms with E-state index in [1.54, 1.807) is 0 Å². The van der Waals surface area contributed by atoms with Gasteiger partial charge in [0.05, 0.1) is 0 Å². The summed E-state index contributed by atoms with van der Waals surface area (Å²) in [7, 11) is 0. The first-order valence-electron chi connectivity index (χ1n) is 9.27. The number of hydrogen-bond acceptors (Lipinski definition) is 5. The van der Waals surface area contributed by atoms with Crippen molar-refractivity contribution >= 4 is 16.9 Å². The maximum atomic E-state index is 12.2. The molecule has 3 rings (SSSR count). The van der Waals surface area contributed by atoms with Gasteiger partial charge in [-0.25, -0.2) is 9.59 Å². The van der Waals surface area contributed by atoms with E-state index < -0.39 is 11.6 Å². The molecule has 5 nitrogen and oxygen atoms in total. The lowest BCUT2D eigenvalue weighted by Crippen LogP contribution is -2.16. The first kappa shape index (κ1) is 19.7. The van der Waals surface area contributed by atoms with Crippen molar-refractivity contribution < 1.29 is 18.7 Å². The molecule has 0 spiro atoms. The van der Waals surface area contributed by atoms with E-state index in [0.29, 0.717) is 16.9 Å². The van der Waals surface area contributed by atoms with Crippen molar-refractivity contribution in [2.75, 3.05) is 6.61 Å². The van der Waals surface area contributed by atoms with Crippen molar-refractivity contribution in [1.82, 2.24) is 0 Å². The number of para-hydroxylation sites is 1. The zero-order valence-electron chi connectivity index (χ0n) is 16.6. The highest BCUT2D eigenvalue weighted by Crippen LogP contribution is 2.26. The molecule has 0 aliphatic carbocycles. The Kier molecular flexibility index (Phi) is 5.83. The molecule has 0 aliphatic heterocycles. The number of aryl methyl sites for hydroxylation is 2. The highest BCUT2D eigenvalue weighted by molar-refractivity contribution is 5.84. The minimum absolute atomic E-state index is 0.0153. The third-order valence-corrected chi connectivity index (χ3v) is 4.79. The topological polar surface area (TPSA) is 65.7 Å². The Morgan fingerprint density at radius 2 is 1.86 bits per heavy atom. The number of esters is 1. The fourth-order valence-corrected chi connectivity index (χ4v) is 3.07. The molecule has 1 heterocycles. The predicted octanol–water partition coefficient (Wildman–Crippen LogP) is 4.66.